The van der Waals surface area contributed by atoms with Gasteiger partial charge in [0.25, 0.3) is 11.8 Å². The molecule has 8 heteroatoms. The Morgan fingerprint density at radius 1 is 1.07 bits per heavy atom. The van der Waals surface area contributed by atoms with Crippen LogP contribution in [0.15, 0.2) is 42.5 Å². The van der Waals surface area contributed by atoms with E-state index in [2.05, 4.69) is 0 Å². The second-order valence-electron chi connectivity index (χ2n) is 6.57. The van der Waals surface area contributed by atoms with E-state index in [1.807, 2.05) is 4.90 Å². The van der Waals surface area contributed by atoms with E-state index in [-0.39, 0.29) is 25.3 Å². The van der Waals surface area contributed by atoms with Crippen molar-refractivity contribution >= 4 is 23.3 Å². The molecule has 0 atom stereocenters. The number of carboxylic acid groups (broad SMARTS) is 1. The lowest BCUT2D eigenvalue weighted by Crippen LogP contribution is -2.31. The van der Waals surface area contributed by atoms with Gasteiger partial charge in [0.1, 0.15) is 5.75 Å². The number of anilines is 2. The first-order valence-corrected chi connectivity index (χ1v) is 8.39. The number of nitrogens with zero attached hydrogens (tertiary/aromatic N) is 2. The molecule has 0 radical (unpaired) electrons. The maximum atomic E-state index is 13.3. The summed E-state index contributed by atoms with van der Waals surface area (Å²) in [6.07, 6.45) is -0.319. The maximum absolute atomic E-state index is 13.3. The average molecular weight is 374 g/mol. The second-order valence-corrected chi connectivity index (χ2v) is 6.57. The molecule has 2 aromatic carbocycles. The van der Waals surface area contributed by atoms with E-state index in [1.165, 1.54) is 12.1 Å². The summed E-state index contributed by atoms with van der Waals surface area (Å²) in [5, 5.41) is 8.98. The van der Waals surface area contributed by atoms with Gasteiger partial charge in [0.05, 0.1) is 17.8 Å². The summed E-state index contributed by atoms with van der Waals surface area (Å²) in [6, 6.07) is 11.2. The van der Waals surface area contributed by atoms with Crippen LogP contribution in [0.1, 0.15) is 27.1 Å². The number of carbonyl (C=O) groups excluding carboxylic acids is 1. The minimum Gasteiger partial charge on any atom is -0.478 e. The molecule has 140 valence electrons. The number of fused-ring (bicyclic) bond motifs is 1. The van der Waals surface area contributed by atoms with Gasteiger partial charge in [-0.3, -0.25) is 4.79 Å². The summed E-state index contributed by atoms with van der Waals surface area (Å²) in [5.41, 5.74) is 1.95. The summed E-state index contributed by atoms with van der Waals surface area (Å²) in [6.45, 7) is -0.321. The molecule has 0 bridgehead atoms. The number of alkyl halides is 2. The Labute approximate surface area is 153 Å². The van der Waals surface area contributed by atoms with Gasteiger partial charge in [-0.05, 0) is 42.5 Å². The molecule has 2 heterocycles. The Balaban J connectivity index is 1.55. The van der Waals surface area contributed by atoms with Crippen molar-refractivity contribution in [3.05, 3.63) is 53.6 Å². The largest absolute Gasteiger partial charge is 0.478 e. The third kappa shape index (κ3) is 3.18. The zero-order valence-corrected chi connectivity index (χ0v) is 14.2. The molecule has 2 aromatic rings. The monoisotopic (exact) mass is 374 g/mol. The molecule has 27 heavy (non-hydrogen) atoms. The predicted octanol–water partition coefficient (Wildman–Crippen LogP) is 3.35. The quantitative estimate of drug-likeness (QED) is 0.892. The van der Waals surface area contributed by atoms with Crippen LogP contribution in [0.25, 0.3) is 0 Å². The van der Waals surface area contributed by atoms with Crippen molar-refractivity contribution in [2.45, 2.75) is 12.3 Å². The summed E-state index contributed by atoms with van der Waals surface area (Å²) < 4.78 is 32.3. The van der Waals surface area contributed by atoms with Crippen molar-refractivity contribution in [1.29, 1.82) is 0 Å². The lowest BCUT2D eigenvalue weighted by atomic mass is 10.1. The highest BCUT2D eigenvalue weighted by molar-refractivity contribution is 5.96. The number of halogens is 2. The fraction of sp³-hybridized carbons (Fsp3) is 0.263. The number of ether oxygens (including phenoxy) is 1. The summed E-state index contributed by atoms with van der Waals surface area (Å²) in [5.74, 6) is -3.80. The minimum absolute atomic E-state index is 0.0336. The smallest absolute Gasteiger partial charge is 0.335 e. The van der Waals surface area contributed by atoms with Gasteiger partial charge in [-0.25, -0.2) is 13.6 Å². The molecule has 4 rings (SSSR count). The SMILES string of the molecule is O=C(O)c1ccc(N2COc3cc(C(=O)N4CCC(F)(F)C4)ccc32)cc1. The lowest BCUT2D eigenvalue weighted by Gasteiger charge is -2.18. The molecule has 6 nitrogen and oxygen atoms in total. The van der Waals surface area contributed by atoms with Crippen LogP contribution in [-0.2, 0) is 0 Å². The number of aromatic carboxylic acids is 1. The number of hydrogen-bond acceptors (Lipinski definition) is 4. The van der Waals surface area contributed by atoms with Gasteiger partial charge in [0.2, 0.25) is 0 Å². The standard InChI is InChI=1S/C19H16F2N2O4/c20-19(21)7-8-22(10-19)17(24)13-3-6-15-16(9-13)27-11-23(15)14-4-1-12(2-5-14)18(25)26/h1-6,9H,7-8,10-11H2,(H,25,26). The average Bonchev–Trinajstić information content (AvgIpc) is 3.23. The van der Waals surface area contributed by atoms with Crippen molar-refractivity contribution in [2.75, 3.05) is 24.7 Å². The van der Waals surface area contributed by atoms with Gasteiger partial charge < -0.3 is 19.6 Å². The maximum Gasteiger partial charge on any atom is 0.335 e. The molecule has 0 aromatic heterocycles. The normalized spacial score (nSPS) is 17.6. The topological polar surface area (TPSA) is 70.1 Å². The van der Waals surface area contributed by atoms with Crippen molar-refractivity contribution in [2.24, 2.45) is 0 Å². The number of hydrogen-bond donors (Lipinski definition) is 1. The van der Waals surface area contributed by atoms with E-state index >= 15 is 0 Å². The van der Waals surface area contributed by atoms with Gasteiger partial charge in [-0.15, -0.1) is 0 Å². The summed E-state index contributed by atoms with van der Waals surface area (Å²) >= 11 is 0. The van der Waals surface area contributed by atoms with Crippen LogP contribution in [0.3, 0.4) is 0 Å². The third-order valence-corrected chi connectivity index (χ3v) is 4.73. The van der Waals surface area contributed by atoms with Crippen molar-refractivity contribution in [3.8, 4) is 5.75 Å². The third-order valence-electron chi connectivity index (χ3n) is 4.73. The van der Waals surface area contributed by atoms with Crippen molar-refractivity contribution in [1.82, 2.24) is 4.90 Å². The van der Waals surface area contributed by atoms with Crippen LogP contribution in [0, 0.1) is 0 Å². The molecule has 2 aliphatic rings. The van der Waals surface area contributed by atoms with Crippen LogP contribution < -0.4 is 9.64 Å². The zero-order chi connectivity index (χ0) is 19.2. The van der Waals surface area contributed by atoms with Crippen molar-refractivity contribution in [3.63, 3.8) is 0 Å². The van der Waals surface area contributed by atoms with Crippen LogP contribution in [0.4, 0.5) is 20.2 Å². The van der Waals surface area contributed by atoms with Gasteiger partial charge in [-0.2, -0.15) is 0 Å². The zero-order valence-electron chi connectivity index (χ0n) is 14.2. The first-order chi connectivity index (χ1) is 12.8. The molecule has 1 saturated heterocycles. The van der Waals surface area contributed by atoms with Crippen LogP contribution in [0.2, 0.25) is 0 Å². The Bertz CT molecular complexity index is 914. The lowest BCUT2D eigenvalue weighted by molar-refractivity contribution is 0.0120. The highest BCUT2D eigenvalue weighted by atomic mass is 19.3. The van der Waals surface area contributed by atoms with E-state index in [1.54, 1.807) is 30.3 Å². The van der Waals surface area contributed by atoms with E-state index in [9.17, 15) is 18.4 Å². The predicted molar refractivity (Wildman–Crippen MR) is 92.9 cm³/mol. The number of carbonyl (C=O) groups is 2. The number of benzene rings is 2. The summed E-state index contributed by atoms with van der Waals surface area (Å²) in [7, 11) is 0. The molecular weight excluding hydrogens is 358 g/mol. The van der Waals surface area contributed by atoms with E-state index in [0.717, 1.165) is 16.3 Å². The molecule has 0 aliphatic carbocycles. The second kappa shape index (κ2) is 6.22. The molecular formula is C19H16F2N2O4. The molecule has 0 unspecified atom stereocenters. The van der Waals surface area contributed by atoms with E-state index < -0.39 is 24.3 Å². The Morgan fingerprint density at radius 3 is 2.41 bits per heavy atom. The van der Waals surface area contributed by atoms with Crippen LogP contribution in [-0.4, -0.2) is 47.6 Å². The first kappa shape index (κ1) is 17.3. The minimum atomic E-state index is -2.83. The summed E-state index contributed by atoms with van der Waals surface area (Å²) in [4.78, 5) is 26.4. The first-order valence-electron chi connectivity index (χ1n) is 8.39. The fourth-order valence-corrected chi connectivity index (χ4v) is 3.28. The Hall–Kier alpha value is -3.16. The molecule has 1 N–H and O–H groups in total. The van der Waals surface area contributed by atoms with Crippen LogP contribution >= 0.6 is 0 Å². The number of carboxylic acids is 1. The fourth-order valence-electron chi connectivity index (χ4n) is 3.28. The van der Waals surface area contributed by atoms with Crippen molar-refractivity contribution < 1.29 is 28.2 Å². The molecule has 1 fully saturated rings. The Morgan fingerprint density at radius 2 is 1.78 bits per heavy atom. The van der Waals surface area contributed by atoms with Gasteiger partial charge in [0.15, 0.2) is 6.73 Å². The Kier molecular flexibility index (Phi) is 3.98. The molecule has 0 spiro atoms. The van der Waals surface area contributed by atoms with E-state index in [4.69, 9.17) is 9.84 Å². The van der Waals surface area contributed by atoms with Crippen LogP contribution in [0.5, 0.6) is 5.75 Å². The molecule has 2 aliphatic heterocycles. The van der Waals surface area contributed by atoms with Gasteiger partial charge >= 0.3 is 5.97 Å². The van der Waals surface area contributed by atoms with Gasteiger partial charge in [0, 0.05) is 24.2 Å². The molecule has 0 saturated carbocycles. The highest BCUT2D eigenvalue weighted by Gasteiger charge is 2.40. The van der Waals surface area contributed by atoms with E-state index in [0.29, 0.717) is 11.3 Å². The number of likely N-dealkylation sites (tertiary alicyclic amines) is 1. The number of rotatable bonds is 3. The molecule has 1 amide bonds. The van der Waals surface area contributed by atoms with Gasteiger partial charge in [-0.1, -0.05) is 0 Å². The highest BCUT2D eigenvalue weighted by Crippen LogP contribution is 2.40. The number of amides is 1.